The van der Waals surface area contributed by atoms with E-state index in [1.54, 1.807) is 7.05 Å². The van der Waals surface area contributed by atoms with E-state index in [1.807, 2.05) is 13.8 Å². The fraction of sp³-hybridized carbons (Fsp3) is 0.619. The van der Waals surface area contributed by atoms with Crippen LogP contribution >= 0.6 is 0 Å². The fourth-order valence-corrected chi connectivity index (χ4v) is 2.82. The Kier molecular flexibility index (Phi) is 10.1. The first kappa shape index (κ1) is 22.3. The molecule has 0 saturated carbocycles. The van der Waals surface area contributed by atoms with Gasteiger partial charge in [-0.2, -0.15) is 0 Å². The summed E-state index contributed by atoms with van der Waals surface area (Å²) < 4.78 is 0. The number of ketones is 1. The van der Waals surface area contributed by atoms with Crippen LogP contribution < -0.4 is 10.6 Å². The van der Waals surface area contributed by atoms with Gasteiger partial charge in [0.1, 0.15) is 0 Å². The van der Waals surface area contributed by atoms with Gasteiger partial charge in [0.15, 0.2) is 5.78 Å². The van der Waals surface area contributed by atoms with E-state index in [-0.39, 0.29) is 30.2 Å². The quantitative estimate of drug-likeness (QED) is 0.533. The lowest BCUT2D eigenvalue weighted by Crippen LogP contribution is -2.38. The van der Waals surface area contributed by atoms with Crippen LogP contribution in [0.4, 0.5) is 0 Å². The van der Waals surface area contributed by atoms with E-state index in [1.165, 1.54) is 11.1 Å². The summed E-state index contributed by atoms with van der Waals surface area (Å²) in [6, 6.07) is 8.10. The molecule has 1 amide bonds. The zero-order valence-corrected chi connectivity index (χ0v) is 16.5. The summed E-state index contributed by atoms with van der Waals surface area (Å²) in [5.74, 6) is 0.0808. The monoisotopic (exact) mass is 362 g/mol. The predicted octanol–water partition coefficient (Wildman–Crippen LogP) is 2.39. The first-order chi connectivity index (χ1) is 12.3. The van der Waals surface area contributed by atoms with Gasteiger partial charge >= 0.3 is 0 Å². The Bertz CT molecular complexity index is 555. The van der Waals surface area contributed by atoms with E-state index >= 15 is 0 Å². The molecular formula is C21H34N2O3. The summed E-state index contributed by atoms with van der Waals surface area (Å²) in [4.78, 5) is 23.9. The van der Waals surface area contributed by atoms with E-state index in [9.17, 15) is 14.7 Å². The van der Waals surface area contributed by atoms with Crippen LogP contribution in [0, 0.1) is 12.8 Å². The average Bonchev–Trinajstić information content (AvgIpc) is 2.61. The number of likely N-dealkylation sites (N-methyl/N-ethyl adjacent to an activating group) is 1. The maximum absolute atomic E-state index is 12.0. The molecule has 0 heterocycles. The van der Waals surface area contributed by atoms with E-state index < -0.39 is 6.10 Å². The molecule has 0 radical (unpaired) electrons. The molecule has 0 aromatic heterocycles. The lowest BCUT2D eigenvalue weighted by atomic mass is 9.97. The van der Waals surface area contributed by atoms with Crippen molar-refractivity contribution in [3.05, 3.63) is 35.4 Å². The third kappa shape index (κ3) is 8.59. The predicted molar refractivity (Wildman–Crippen MR) is 105 cm³/mol. The van der Waals surface area contributed by atoms with Crippen molar-refractivity contribution in [2.45, 2.75) is 65.0 Å². The minimum atomic E-state index is -0.633. The van der Waals surface area contributed by atoms with Crippen LogP contribution in [0.3, 0.4) is 0 Å². The minimum Gasteiger partial charge on any atom is -0.391 e. The first-order valence-electron chi connectivity index (χ1n) is 9.54. The number of rotatable bonds is 12. The lowest BCUT2D eigenvalue weighted by molar-refractivity contribution is -0.124. The third-order valence-electron chi connectivity index (χ3n) is 4.57. The van der Waals surface area contributed by atoms with Crippen molar-refractivity contribution < 1.29 is 14.7 Å². The first-order valence-corrected chi connectivity index (χ1v) is 9.54. The number of aliphatic hydroxyl groups excluding tert-OH is 1. The number of Topliss-reactive ketones (excluding diaryl/α,β-unsaturated/α-hetero) is 1. The Labute approximate surface area is 157 Å². The minimum absolute atomic E-state index is 0.0298. The maximum Gasteiger partial charge on any atom is 0.220 e. The summed E-state index contributed by atoms with van der Waals surface area (Å²) in [5, 5.41) is 15.8. The number of nitrogens with one attached hydrogen (secondary N) is 2. The van der Waals surface area contributed by atoms with Gasteiger partial charge in [0.05, 0.1) is 12.1 Å². The number of aliphatic hydroxyl groups is 1. The second-order valence-electron chi connectivity index (χ2n) is 7.27. The highest BCUT2D eigenvalue weighted by molar-refractivity contribution is 5.85. The van der Waals surface area contributed by atoms with Crippen molar-refractivity contribution in [2.24, 2.45) is 5.92 Å². The number of amides is 1. The van der Waals surface area contributed by atoms with Crippen LogP contribution in [-0.2, 0) is 16.0 Å². The Hall–Kier alpha value is -1.72. The summed E-state index contributed by atoms with van der Waals surface area (Å²) in [7, 11) is 1.76. The maximum atomic E-state index is 12.0. The second kappa shape index (κ2) is 11.8. The van der Waals surface area contributed by atoms with Gasteiger partial charge in [-0.05, 0) is 45.2 Å². The normalized spacial score (nSPS) is 13.5. The van der Waals surface area contributed by atoms with Gasteiger partial charge in [-0.25, -0.2) is 0 Å². The largest absolute Gasteiger partial charge is 0.391 e. The molecular weight excluding hydrogens is 328 g/mol. The standard InChI is InChI=1S/C21H34N2O3/c1-15(2)21(26)19(22-4)13-12-18(24)14-23-20(25)7-5-6-17-10-8-16(3)9-11-17/h8-11,15,18-19,22,24H,5-7,12-14H2,1-4H3,(H,23,25). The smallest absolute Gasteiger partial charge is 0.220 e. The number of hydrogen-bond acceptors (Lipinski definition) is 4. The molecule has 2 atom stereocenters. The van der Waals surface area contributed by atoms with E-state index in [4.69, 9.17) is 0 Å². The van der Waals surface area contributed by atoms with Crippen LogP contribution in [0.5, 0.6) is 0 Å². The van der Waals surface area contributed by atoms with Crippen LogP contribution in [0.2, 0.25) is 0 Å². The Morgan fingerprint density at radius 3 is 2.35 bits per heavy atom. The van der Waals surface area contributed by atoms with E-state index in [0.717, 1.165) is 12.8 Å². The summed E-state index contributed by atoms with van der Waals surface area (Å²) >= 11 is 0. The Morgan fingerprint density at radius 2 is 1.77 bits per heavy atom. The molecule has 0 aliphatic heterocycles. The number of aryl methyl sites for hydroxylation is 2. The van der Waals surface area contributed by atoms with Crippen LogP contribution in [0.1, 0.15) is 50.7 Å². The van der Waals surface area contributed by atoms with Gasteiger partial charge in [-0.1, -0.05) is 43.7 Å². The van der Waals surface area contributed by atoms with Gasteiger partial charge in [0.25, 0.3) is 0 Å². The van der Waals surface area contributed by atoms with Gasteiger partial charge in [0, 0.05) is 18.9 Å². The average molecular weight is 363 g/mol. The summed E-state index contributed by atoms with van der Waals surface area (Å²) in [6.07, 6.45) is 2.52. The molecule has 0 bridgehead atoms. The molecule has 0 spiro atoms. The topological polar surface area (TPSA) is 78.4 Å². The molecule has 26 heavy (non-hydrogen) atoms. The second-order valence-corrected chi connectivity index (χ2v) is 7.27. The van der Waals surface area contributed by atoms with Crippen molar-refractivity contribution in [1.29, 1.82) is 0 Å². The molecule has 5 heteroatoms. The van der Waals surface area contributed by atoms with Gasteiger partial charge < -0.3 is 15.7 Å². The van der Waals surface area contributed by atoms with Gasteiger partial charge in [-0.3, -0.25) is 9.59 Å². The summed E-state index contributed by atoms with van der Waals surface area (Å²) in [5.41, 5.74) is 2.47. The zero-order chi connectivity index (χ0) is 19.5. The molecule has 3 N–H and O–H groups in total. The molecule has 1 rings (SSSR count). The van der Waals surface area contributed by atoms with Crippen molar-refractivity contribution in [1.82, 2.24) is 10.6 Å². The fourth-order valence-electron chi connectivity index (χ4n) is 2.82. The highest BCUT2D eigenvalue weighted by Gasteiger charge is 2.20. The van der Waals surface area contributed by atoms with E-state index in [2.05, 4.69) is 41.8 Å². The van der Waals surface area contributed by atoms with Crippen molar-refractivity contribution >= 4 is 11.7 Å². The number of carbonyl (C=O) groups excluding carboxylic acids is 2. The number of hydrogen-bond donors (Lipinski definition) is 3. The van der Waals surface area contributed by atoms with Crippen molar-refractivity contribution in [3.63, 3.8) is 0 Å². The van der Waals surface area contributed by atoms with E-state index in [0.29, 0.717) is 19.3 Å². The molecule has 0 aliphatic carbocycles. The zero-order valence-electron chi connectivity index (χ0n) is 16.5. The molecule has 5 nitrogen and oxygen atoms in total. The van der Waals surface area contributed by atoms with Crippen molar-refractivity contribution in [2.75, 3.05) is 13.6 Å². The van der Waals surface area contributed by atoms with Crippen molar-refractivity contribution in [3.8, 4) is 0 Å². The highest BCUT2D eigenvalue weighted by Crippen LogP contribution is 2.09. The lowest BCUT2D eigenvalue weighted by Gasteiger charge is -2.19. The molecule has 1 aromatic rings. The Balaban J connectivity index is 2.20. The third-order valence-corrected chi connectivity index (χ3v) is 4.57. The van der Waals surface area contributed by atoms with Gasteiger partial charge in [0.2, 0.25) is 5.91 Å². The summed E-state index contributed by atoms with van der Waals surface area (Å²) in [6.45, 7) is 6.04. The van der Waals surface area contributed by atoms with Crippen LogP contribution in [0.25, 0.3) is 0 Å². The van der Waals surface area contributed by atoms with Crippen LogP contribution in [-0.4, -0.2) is 42.5 Å². The molecule has 0 aliphatic rings. The van der Waals surface area contributed by atoms with Gasteiger partial charge in [-0.15, -0.1) is 0 Å². The molecule has 1 aromatic carbocycles. The Morgan fingerprint density at radius 1 is 1.12 bits per heavy atom. The molecule has 0 saturated heterocycles. The highest BCUT2D eigenvalue weighted by atomic mass is 16.3. The SMILES string of the molecule is CNC(CCC(O)CNC(=O)CCCc1ccc(C)cc1)C(=O)C(C)C. The molecule has 2 unspecified atom stereocenters. The molecule has 146 valence electrons. The van der Waals surface area contributed by atoms with Crippen LogP contribution in [0.15, 0.2) is 24.3 Å². The number of benzene rings is 1. The number of carbonyl (C=O) groups is 2. The molecule has 0 fully saturated rings.